The molecule has 0 fully saturated rings. The first-order valence-electron chi connectivity index (χ1n) is 12.3. The summed E-state index contributed by atoms with van der Waals surface area (Å²) < 4.78 is 42.8. The second-order valence-corrected chi connectivity index (χ2v) is 9.89. The Labute approximate surface area is 226 Å². The summed E-state index contributed by atoms with van der Waals surface area (Å²) in [6.45, 7) is 0.400. The molecule has 39 heavy (non-hydrogen) atoms. The molecule has 2 bridgehead atoms. The lowest BCUT2D eigenvalue weighted by Gasteiger charge is -2.43. The Morgan fingerprint density at radius 1 is 1.03 bits per heavy atom. The van der Waals surface area contributed by atoms with Crippen molar-refractivity contribution in [1.82, 2.24) is 9.58 Å². The van der Waals surface area contributed by atoms with E-state index in [2.05, 4.69) is 0 Å². The number of carbonyl (C=O) groups excluding carboxylic acids is 1. The number of nitrogens with zero attached hydrogens (tertiary/aromatic N) is 3. The second-order valence-electron chi connectivity index (χ2n) is 9.11. The third-order valence-corrected chi connectivity index (χ3v) is 7.39. The summed E-state index contributed by atoms with van der Waals surface area (Å²) in [6.07, 6.45) is 4.88. The van der Waals surface area contributed by atoms with Gasteiger partial charge in [-0.2, -0.15) is 15.7 Å². The van der Waals surface area contributed by atoms with Gasteiger partial charge in [0.05, 0.1) is 0 Å². The maximum absolute atomic E-state index is 15.1. The SMILES string of the molecule is O=C1c2c(OCc3ccccc3)c(=O)ccn2N2CN1C/C=C\COc1c(ccc(F)c1F)C2c1ccsc1. The monoisotopic (exact) mass is 547 g/mol. The van der Waals surface area contributed by atoms with Gasteiger partial charge in [0.1, 0.15) is 25.9 Å². The van der Waals surface area contributed by atoms with Crippen LogP contribution < -0.4 is 19.9 Å². The van der Waals surface area contributed by atoms with Gasteiger partial charge in [0.2, 0.25) is 11.2 Å². The van der Waals surface area contributed by atoms with E-state index in [1.54, 1.807) is 21.7 Å². The van der Waals surface area contributed by atoms with Crippen LogP contribution in [0.3, 0.4) is 0 Å². The summed E-state index contributed by atoms with van der Waals surface area (Å²) in [5, 5.41) is 5.62. The molecule has 1 unspecified atom stereocenters. The Morgan fingerprint density at radius 2 is 1.87 bits per heavy atom. The van der Waals surface area contributed by atoms with Crippen molar-refractivity contribution in [3.63, 3.8) is 0 Å². The number of pyridine rings is 1. The van der Waals surface area contributed by atoms with Crippen LogP contribution in [-0.2, 0) is 6.61 Å². The van der Waals surface area contributed by atoms with Crippen LogP contribution in [0.2, 0.25) is 0 Å². The minimum atomic E-state index is -1.09. The summed E-state index contributed by atoms with van der Waals surface area (Å²) in [5.41, 5.74) is 1.63. The van der Waals surface area contributed by atoms with Crippen molar-refractivity contribution >= 4 is 17.2 Å². The Bertz CT molecular complexity index is 1610. The van der Waals surface area contributed by atoms with Crippen LogP contribution in [0.1, 0.15) is 33.2 Å². The second kappa shape index (κ2) is 10.4. The number of ether oxygens (including phenoxy) is 2. The third kappa shape index (κ3) is 4.57. The average Bonchev–Trinajstić information content (AvgIpc) is 3.47. The van der Waals surface area contributed by atoms with Gasteiger partial charge in [0.15, 0.2) is 23.0 Å². The summed E-state index contributed by atoms with van der Waals surface area (Å²) >= 11 is 1.45. The van der Waals surface area contributed by atoms with E-state index in [-0.39, 0.29) is 49.5 Å². The fraction of sp³-hybridized carbons (Fsp3) is 0.172. The van der Waals surface area contributed by atoms with E-state index in [1.165, 1.54) is 29.7 Å². The zero-order valence-corrected chi connectivity index (χ0v) is 21.4. The van der Waals surface area contributed by atoms with Gasteiger partial charge >= 0.3 is 0 Å². The Balaban J connectivity index is 1.55. The third-order valence-electron chi connectivity index (χ3n) is 6.69. The van der Waals surface area contributed by atoms with Gasteiger partial charge in [-0.15, -0.1) is 0 Å². The van der Waals surface area contributed by atoms with E-state index in [4.69, 9.17) is 9.47 Å². The Hall–Kier alpha value is -4.44. The predicted molar refractivity (Wildman–Crippen MR) is 143 cm³/mol. The van der Waals surface area contributed by atoms with Crippen LogP contribution in [0.5, 0.6) is 11.5 Å². The summed E-state index contributed by atoms with van der Waals surface area (Å²) in [4.78, 5) is 28.4. The minimum Gasteiger partial charge on any atom is -0.486 e. The van der Waals surface area contributed by atoms with Gasteiger partial charge in [0, 0.05) is 24.4 Å². The number of benzene rings is 2. The highest BCUT2D eigenvalue weighted by atomic mass is 32.1. The lowest BCUT2D eigenvalue weighted by Crippen LogP contribution is -2.55. The predicted octanol–water partition coefficient (Wildman–Crippen LogP) is 4.86. The fourth-order valence-corrected chi connectivity index (χ4v) is 5.52. The molecule has 0 saturated carbocycles. The van der Waals surface area contributed by atoms with Crippen molar-refractivity contribution < 1.29 is 23.0 Å². The smallest absolute Gasteiger partial charge is 0.278 e. The number of aromatic nitrogens is 1. The molecule has 2 aliphatic rings. The molecule has 2 aromatic heterocycles. The molecule has 198 valence electrons. The van der Waals surface area contributed by atoms with Crippen molar-refractivity contribution in [1.29, 1.82) is 0 Å². The van der Waals surface area contributed by atoms with Gasteiger partial charge < -0.3 is 14.4 Å². The number of halogens is 2. The molecule has 6 rings (SSSR count). The fourth-order valence-electron chi connectivity index (χ4n) is 4.84. The molecule has 0 aliphatic carbocycles. The number of rotatable bonds is 4. The Morgan fingerprint density at radius 3 is 2.67 bits per heavy atom. The molecule has 1 amide bonds. The highest BCUT2D eigenvalue weighted by molar-refractivity contribution is 7.08. The largest absolute Gasteiger partial charge is 0.486 e. The van der Waals surface area contributed by atoms with Crippen LogP contribution in [0, 0.1) is 11.6 Å². The van der Waals surface area contributed by atoms with E-state index in [9.17, 15) is 14.0 Å². The van der Waals surface area contributed by atoms with Gasteiger partial charge in [-0.1, -0.05) is 36.4 Å². The molecule has 1 atom stereocenters. The van der Waals surface area contributed by atoms with Crippen LogP contribution in [0.15, 0.2) is 88.5 Å². The van der Waals surface area contributed by atoms with E-state index >= 15 is 4.39 Å². The zero-order chi connectivity index (χ0) is 26.9. The normalized spacial score (nSPS) is 17.5. The van der Waals surface area contributed by atoms with Crippen molar-refractivity contribution in [3.05, 3.63) is 128 Å². The highest BCUT2D eigenvalue weighted by Crippen LogP contribution is 2.39. The maximum Gasteiger partial charge on any atom is 0.278 e. The summed E-state index contributed by atoms with van der Waals surface area (Å²) in [5.74, 6) is -2.77. The van der Waals surface area contributed by atoms with Crippen molar-refractivity contribution in [3.8, 4) is 11.5 Å². The summed E-state index contributed by atoms with van der Waals surface area (Å²) in [7, 11) is 0. The van der Waals surface area contributed by atoms with E-state index in [0.29, 0.717) is 5.56 Å². The first-order valence-corrected chi connectivity index (χ1v) is 13.2. The topological polar surface area (TPSA) is 64.0 Å². The molecule has 10 heteroatoms. The Kier molecular flexibility index (Phi) is 6.62. The van der Waals surface area contributed by atoms with Crippen LogP contribution >= 0.6 is 11.3 Å². The molecule has 2 aliphatic heterocycles. The lowest BCUT2D eigenvalue weighted by molar-refractivity contribution is 0.0698. The average molecular weight is 548 g/mol. The number of hydrogen-bond donors (Lipinski definition) is 0. The molecule has 0 spiro atoms. The van der Waals surface area contributed by atoms with Crippen LogP contribution in [0.4, 0.5) is 8.78 Å². The van der Waals surface area contributed by atoms with Crippen LogP contribution in [-0.4, -0.2) is 35.3 Å². The van der Waals surface area contributed by atoms with Crippen molar-refractivity contribution in [2.24, 2.45) is 0 Å². The zero-order valence-electron chi connectivity index (χ0n) is 20.6. The molecule has 2 aromatic carbocycles. The van der Waals surface area contributed by atoms with Crippen molar-refractivity contribution in [2.45, 2.75) is 12.6 Å². The number of amides is 1. The number of thiophene rings is 1. The molecule has 0 N–H and O–H groups in total. The quantitative estimate of drug-likeness (QED) is 0.342. The van der Waals surface area contributed by atoms with Gasteiger partial charge in [-0.25, -0.2) is 4.39 Å². The van der Waals surface area contributed by atoms with E-state index in [0.717, 1.165) is 17.2 Å². The molecule has 0 radical (unpaired) electrons. The minimum absolute atomic E-state index is 0.0119. The highest BCUT2D eigenvalue weighted by Gasteiger charge is 2.38. The molecule has 4 heterocycles. The molecular weight excluding hydrogens is 524 g/mol. The van der Waals surface area contributed by atoms with Crippen LogP contribution in [0.25, 0.3) is 0 Å². The molecule has 0 saturated heterocycles. The van der Waals surface area contributed by atoms with Crippen molar-refractivity contribution in [2.75, 3.05) is 24.8 Å². The summed E-state index contributed by atoms with van der Waals surface area (Å²) in [6, 6.07) is 14.4. The van der Waals surface area contributed by atoms with E-state index < -0.39 is 23.1 Å². The standard InChI is InChI=1S/C29H23F2N3O4S/c30-22-9-8-21-25(20-11-15-39-17-20)34-18-32(12-4-5-14-37-27(21)24(22)31)29(36)26-28(23(35)10-13-33(26)34)38-16-19-6-2-1-3-7-19/h1-11,13,15,17,25H,12,14,16,18H2/b5-4-. The first-order chi connectivity index (χ1) is 19.0. The number of carbonyl (C=O) groups is 1. The van der Waals surface area contributed by atoms with Gasteiger partial charge in [-0.05, 0) is 46.2 Å². The number of hydrogen-bond acceptors (Lipinski definition) is 6. The van der Waals surface area contributed by atoms with Gasteiger partial charge in [-0.3, -0.25) is 19.3 Å². The molecular formula is C29H23F2N3O4S. The molecule has 7 nitrogen and oxygen atoms in total. The van der Waals surface area contributed by atoms with Gasteiger partial charge in [0.25, 0.3) is 5.91 Å². The maximum atomic E-state index is 15.1. The van der Waals surface area contributed by atoms with E-state index in [1.807, 2.05) is 52.2 Å². The number of fused-ring (bicyclic) bond motifs is 5. The first kappa shape index (κ1) is 24.9. The lowest BCUT2D eigenvalue weighted by atomic mass is 9.98. The molecule has 4 aromatic rings.